The van der Waals surface area contributed by atoms with Gasteiger partial charge in [-0.3, -0.25) is 19.4 Å². The lowest BCUT2D eigenvalue weighted by Crippen LogP contribution is -2.46. The van der Waals surface area contributed by atoms with Crippen LogP contribution in [0.3, 0.4) is 0 Å². The molecule has 1 fully saturated rings. The Hall–Kier alpha value is -4.12. The molecule has 0 spiro atoms. The summed E-state index contributed by atoms with van der Waals surface area (Å²) in [6.45, 7) is 5.89. The van der Waals surface area contributed by atoms with E-state index in [1.54, 1.807) is 11.3 Å². The van der Waals surface area contributed by atoms with Gasteiger partial charge in [0.15, 0.2) is 6.73 Å². The van der Waals surface area contributed by atoms with Crippen molar-refractivity contribution in [2.24, 2.45) is 0 Å². The highest BCUT2D eigenvalue weighted by molar-refractivity contribution is 7.17. The Morgan fingerprint density at radius 3 is 2.61 bits per heavy atom. The molecule has 10 heteroatoms. The standard InChI is InChI=1S/C34H38N4O5S/c39-33-14-12-27-11-13-28(23-31(27)38(33)25-42-34(40)35-43-24-26-7-2-1-3-8-26)41-21-5-4-16-36-17-19-37(20-18-36)30-9-6-10-32-29(30)15-22-44-32/h1-3,6-11,13,15,22-23H,4-5,12,14,16-21,24-25H2,(H,35,40). The summed E-state index contributed by atoms with van der Waals surface area (Å²) in [5.74, 6) is 0.607. The van der Waals surface area contributed by atoms with Crippen LogP contribution in [0.25, 0.3) is 10.1 Å². The number of piperazine rings is 1. The van der Waals surface area contributed by atoms with E-state index in [2.05, 4.69) is 44.9 Å². The summed E-state index contributed by atoms with van der Waals surface area (Å²) in [7, 11) is 0. The minimum atomic E-state index is -0.755. The highest BCUT2D eigenvalue weighted by atomic mass is 32.1. The zero-order chi connectivity index (χ0) is 30.1. The summed E-state index contributed by atoms with van der Waals surface area (Å²) in [6, 6.07) is 24.1. The molecule has 0 atom stereocenters. The number of ether oxygens (including phenoxy) is 2. The van der Waals surface area contributed by atoms with E-state index < -0.39 is 6.09 Å². The van der Waals surface area contributed by atoms with Gasteiger partial charge in [-0.05, 0) is 66.6 Å². The second kappa shape index (κ2) is 14.6. The van der Waals surface area contributed by atoms with E-state index in [4.69, 9.17) is 14.3 Å². The van der Waals surface area contributed by atoms with Gasteiger partial charge in [0.1, 0.15) is 5.75 Å². The molecule has 9 nitrogen and oxygen atoms in total. The maximum absolute atomic E-state index is 12.7. The highest BCUT2D eigenvalue weighted by Crippen LogP contribution is 2.32. The predicted molar refractivity (Wildman–Crippen MR) is 173 cm³/mol. The van der Waals surface area contributed by atoms with E-state index in [1.807, 2.05) is 48.5 Å². The first-order valence-electron chi connectivity index (χ1n) is 15.2. The van der Waals surface area contributed by atoms with Crippen LogP contribution < -0.4 is 20.0 Å². The molecule has 3 heterocycles. The molecule has 0 bridgehead atoms. The van der Waals surface area contributed by atoms with E-state index >= 15 is 0 Å². The molecule has 1 N–H and O–H groups in total. The fourth-order valence-electron chi connectivity index (χ4n) is 5.75. The molecule has 6 rings (SSSR count). The summed E-state index contributed by atoms with van der Waals surface area (Å²) < 4.78 is 12.7. The van der Waals surface area contributed by atoms with Gasteiger partial charge in [0, 0.05) is 54.4 Å². The average molecular weight is 615 g/mol. The third kappa shape index (κ3) is 7.50. The average Bonchev–Trinajstić information content (AvgIpc) is 3.54. The van der Waals surface area contributed by atoms with Crippen molar-refractivity contribution in [3.63, 3.8) is 0 Å². The summed E-state index contributed by atoms with van der Waals surface area (Å²) >= 11 is 1.80. The minimum Gasteiger partial charge on any atom is -0.494 e. The first-order valence-corrected chi connectivity index (χ1v) is 16.1. The van der Waals surface area contributed by atoms with Crippen LogP contribution in [0, 0.1) is 0 Å². The predicted octanol–water partition coefficient (Wildman–Crippen LogP) is 5.98. The van der Waals surface area contributed by atoms with Gasteiger partial charge in [0.2, 0.25) is 5.91 Å². The number of fused-ring (bicyclic) bond motifs is 2. The zero-order valence-corrected chi connectivity index (χ0v) is 25.6. The molecule has 2 aliphatic heterocycles. The van der Waals surface area contributed by atoms with Gasteiger partial charge >= 0.3 is 6.09 Å². The van der Waals surface area contributed by atoms with Gasteiger partial charge in [0.05, 0.1) is 18.9 Å². The Labute approximate surface area is 261 Å². The van der Waals surface area contributed by atoms with E-state index in [-0.39, 0.29) is 19.2 Å². The molecular weight excluding hydrogens is 576 g/mol. The van der Waals surface area contributed by atoms with Crippen molar-refractivity contribution in [1.29, 1.82) is 0 Å². The van der Waals surface area contributed by atoms with Crippen molar-refractivity contribution in [3.8, 4) is 5.75 Å². The van der Waals surface area contributed by atoms with Crippen molar-refractivity contribution in [3.05, 3.63) is 89.3 Å². The van der Waals surface area contributed by atoms with Crippen molar-refractivity contribution in [2.75, 3.05) is 55.9 Å². The number of amides is 2. The molecule has 1 saturated heterocycles. The first kappa shape index (κ1) is 29.9. The van der Waals surface area contributed by atoms with Crippen molar-refractivity contribution >= 4 is 44.8 Å². The molecule has 2 aliphatic rings. The third-order valence-corrected chi connectivity index (χ3v) is 9.02. The van der Waals surface area contributed by atoms with Crippen LogP contribution in [0.1, 0.15) is 30.4 Å². The van der Waals surface area contributed by atoms with Crippen LogP contribution in [-0.2, 0) is 27.4 Å². The topological polar surface area (TPSA) is 83.6 Å². The number of hydrogen-bond acceptors (Lipinski definition) is 8. The molecule has 0 radical (unpaired) electrons. The quantitative estimate of drug-likeness (QED) is 0.155. The third-order valence-electron chi connectivity index (χ3n) is 8.14. The van der Waals surface area contributed by atoms with Crippen LogP contribution in [-0.4, -0.2) is 63.0 Å². The Kier molecular flexibility index (Phi) is 9.91. The summed E-state index contributed by atoms with van der Waals surface area (Å²) in [4.78, 5) is 36.6. The van der Waals surface area contributed by atoms with Crippen LogP contribution >= 0.6 is 11.3 Å². The molecule has 1 aromatic heterocycles. The molecule has 0 aliphatic carbocycles. The normalized spacial score (nSPS) is 15.3. The summed E-state index contributed by atoms with van der Waals surface area (Å²) in [5, 5.41) is 3.53. The Morgan fingerprint density at radius 2 is 1.75 bits per heavy atom. The Morgan fingerprint density at radius 1 is 0.886 bits per heavy atom. The number of rotatable bonds is 12. The van der Waals surface area contributed by atoms with E-state index in [1.165, 1.54) is 20.7 Å². The zero-order valence-electron chi connectivity index (χ0n) is 24.8. The van der Waals surface area contributed by atoms with E-state index in [0.717, 1.165) is 56.7 Å². The van der Waals surface area contributed by atoms with Gasteiger partial charge in [0.25, 0.3) is 0 Å². The molecule has 44 heavy (non-hydrogen) atoms. The van der Waals surface area contributed by atoms with Gasteiger partial charge < -0.3 is 14.4 Å². The largest absolute Gasteiger partial charge is 0.494 e. The molecule has 0 saturated carbocycles. The highest BCUT2D eigenvalue weighted by Gasteiger charge is 2.26. The van der Waals surface area contributed by atoms with Crippen LogP contribution in [0.4, 0.5) is 16.2 Å². The maximum Gasteiger partial charge on any atom is 0.433 e. The minimum absolute atomic E-state index is 0.0974. The second-order valence-corrected chi connectivity index (χ2v) is 12.0. The number of nitrogens with zero attached hydrogens (tertiary/aromatic N) is 3. The van der Waals surface area contributed by atoms with Crippen molar-refractivity contribution < 1.29 is 23.9 Å². The van der Waals surface area contributed by atoms with Crippen LogP contribution in [0.5, 0.6) is 5.75 Å². The fourth-order valence-corrected chi connectivity index (χ4v) is 6.55. The number of anilines is 2. The summed E-state index contributed by atoms with van der Waals surface area (Å²) in [6.07, 6.45) is 2.26. The Bertz CT molecular complexity index is 1550. The number of aryl methyl sites for hydroxylation is 1. The number of carbonyl (C=O) groups excluding carboxylic acids is 2. The number of hydroxylamine groups is 1. The lowest BCUT2D eigenvalue weighted by molar-refractivity contribution is -0.119. The number of hydrogen-bond donors (Lipinski definition) is 1. The second-order valence-electron chi connectivity index (χ2n) is 11.0. The van der Waals surface area contributed by atoms with Crippen molar-refractivity contribution in [2.45, 2.75) is 32.3 Å². The maximum atomic E-state index is 12.7. The number of thiophene rings is 1. The van der Waals surface area contributed by atoms with Crippen LogP contribution in [0.2, 0.25) is 0 Å². The smallest absolute Gasteiger partial charge is 0.433 e. The fraction of sp³-hybridized carbons (Fsp3) is 0.353. The van der Waals surface area contributed by atoms with Crippen molar-refractivity contribution in [1.82, 2.24) is 10.4 Å². The van der Waals surface area contributed by atoms with Crippen LogP contribution in [0.15, 0.2) is 78.2 Å². The summed E-state index contributed by atoms with van der Waals surface area (Å²) in [5.41, 5.74) is 6.28. The van der Waals surface area contributed by atoms with Gasteiger partial charge in [-0.2, -0.15) is 5.48 Å². The SMILES string of the molecule is O=C(NOCc1ccccc1)OCN1C(=O)CCc2ccc(OCCCCN3CCN(c4cccc5sccc45)CC3)cc21. The monoisotopic (exact) mass is 614 g/mol. The van der Waals surface area contributed by atoms with E-state index in [9.17, 15) is 9.59 Å². The molecule has 230 valence electrons. The molecule has 2 amide bonds. The molecule has 0 unspecified atom stereocenters. The Balaban J connectivity index is 0.917. The number of nitrogens with one attached hydrogen (secondary N) is 1. The van der Waals surface area contributed by atoms with Gasteiger partial charge in [-0.1, -0.05) is 42.5 Å². The van der Waals surface area contributed by atoms with E-state index in [0.29, 0.717) is 30.9 Å². The first-order chi connectivity index (χ1) is 21.6. The molecule has 4 aromatic rings. The molecule has 3 aromatic carbocycles. The lowest BCUT2D eigenvalue weighted by atomic mass is 10.0. The molecular formula is C34H38N4O5S. The number of benzene rings is 3. The van der Waals surface area contributed by atoms with Gasteiger partial charge in [-0.15, -0.1) is 11.3 Å². The number of carbonyl (C=O) groups is 2. The number of unbranched alkanes of at least 4 members (excludes halogenated alkanes) is 1. The van der Waals surface area contributed by atoms with Gasteiger partial charge in [-0.25, -0.2) is 4.79 Å². The lowest BCUT2D eigenvalue weighted by Gasteiger charge is -2.36.